The number of benzene rings is 3. The van der Waals surface area contributed by atoms with Gasteiger partial charge in [0, 0.05) is 4.92 Å². The number of hydrogen-bond acceptors (Lipinski definition) is 4. The van der Waals surface area contributed by atoms with E-state index in [0.29, 0.717) is 6.61 Å². The number of nitro groups is 1. The Hall–Kier alpha value is -3.06. The molecule has 0 aromatic heterocycles. The van der Waals surface area contributed by atoms with Crippen molar-refractivity contribution in [2.45, 2.75) is 13.0 Å². The van der Waals surface area contributed by atoms with E-state index < -0.39 is 14.7 Å². The lowest BCUT2D eigenvalue weighted by Gasteiger charge is -2.33. The molecule has 1 atom stereocenters. The van der Waals surface area contributed by atoms with E-state index in [1.807, 2.05) is 103 Å². The van der Waals surface area contributed by atoms with Crippen LogP contribution in [-0.2, 0) is 8.85 Å². The molecule has 0 saturated carbocycles. The summed E-state index contributed by atoms with van der Waals surface area (Å²) in [7, 11) is -3.17. The minimum absolute atomic E-state index is 0.280. The summed E-state index contributed by atoms with van der Waals surface area (Å²) in [5, 5.41) is 12.9. The Bertz CT molecular complexity index is 909. The van der Waals surface area contributed by atoms with E-state index in [0.717, 1.165) is 15.9 Å². The van der Waals surface area contributed by atoms with Crippen LogP contribution >= 0.6 is 0 Å². The second-order valence-electron chi connectivity index (χ2n) is 6.92. The van der Waals surface area contributed by atoms with E-state index in [4.69, 9.17) is 8.85 Å². The molecule has 30 heavy (non-hydrogen) atoms. The van der Waals surface area contributed by atoms with Gasteiger partial charge in [0.15, 0.2) is 0 Å². The second-order valence-corrected chi connectivity index (χ2v) is 9.83. The second kappa shape index (κ2) is 10.6. The van der Waals surface area contributed by atoms with Crippen LogP contribution in [0.2, 0.25) is 0 Å². The van der Waals surface area contributed by atoms with E-state index in [1.165, 1.54) is 0 Å². The molecule has 3 rings (SSSR count). The summed E-state index contributed by atoms with van der Waals surface area (Å²) in [5.41, 5.74) is 1.08. The highest BCUT2D eigenvalue weighted by molar-refractivity contribution is 6.92. The van der Waals surface area contributed by atoms with Gasteiger partial charge in [-0.25, -0.2) is 0 Å². The van der Waals surface area contributed by atoms with E-state index in [2.05, 4.69) is 0 Å². The molecule has 0 heterocycles. The summed E-state index contributed by atoms with van der Waals surface area (Å²) in [5.74, 6) is 0. The monoisotopic (exact) mass is 419 g/mol. The van der Waals surface area contributed by atoms with Crippen LogP contribution in [0.4, 0.5) is 0 Å². The summed E-state index contributed by atoms with van der Waals surface area (Å²) in [6, 6.07) is 29.5. The van der Waals surface area contributed by atoms with Gasteiger partial charge in [-0.1, -0.05) is 103 Å². The van der Waals surface area contributed by atoms with Crippen LogP contribution in [0.25, 0.3) is 6.08 Å². The zero-order valence-electron chi connectivity index (χ0n) is 16.9. The molecule has 0 radical (unpaired) electrons. The molecule has 0 spiro atoms. The van der Waals surface area contributed by atoms with E-state index in [9.17, 15) is 10.1 Å². The molecule has 0 saturated heterocycles. The van der Waals surface area contributed by atoms with Crippen molar-refractivity contribution < 1.29 is 13.8 Å². The molecule has 1 unspecified atom stereocenters. The Labute approximate surface area is 178 Å². The predicted octanol–water partition coefficient (Wildman–Crippen LogP) is 3.65. The molecule has 0 amide bonds. The Morgan fingerprint density at radius 1 is 0.900 bits per heavy atom. The maximum atomic E-state index is 11.1. The van der Waals surface area contributed by atoms with Crippen molar-refractivity contribution in [1.29, 1.82) is 0 Å². The molecule has 0 aliphatic carbocycles. The molecule has 0 aliphatic heterocycles. The van der Waals surface area contributed by atoms with Crippen LogP contribution in [0.1, 0.15) is 12.5 Å². The molecule has 3 aromatic carbocycles. The zero-order valence-corrected chi connectivity index (χ0v) is 17.9. The van der Waals surface area contributed by atoms with Crippen LogP contribution in [-0.4, -0.2) is 32.7 Å². The highest BCUT2D eigenvalue weighted by Crippen LogP contribution is 2.14. The van der Waals surface area contributed by atoms with Crippen LogP contribution < -0.4 is 10.4 Å². The number of rotatable bonds is 10. The lowest BCUT2D eigenvalue weighted by molar-refractivity contribution is -0.488. The van der Waals surface area contributed by atoms with Gasteiger partial charge < -0.3 is 8.85 Å². The summed E-state index contributed by atoms with van der Waals surface area (Å²) in [4.78, 5) is 10.7. The molecule has 0 bridgehead atoms. The van der Waals surface area contributed by atoms with Gasteiger partial charge in [-0.15, -0.1) is 0 Å². The molecule has 0 fully saturated rings. The van der Waals surface area contributed by atoms with Crippen molar-refractivity contribution in [3.8, 4) is 0 Å². The van der Waals surface area contributed by atoms with E-state index in [1.54, 1.807) is 6.92 Å². The summed E-state index contributed by atoms with van der Waals surface area (Å²) < 4.78 is 12.9. The first kappa shape index (κ1) is 21.6. The third-order valence-corrected chi connectivity index (χ3v) is 8.07. The third kappa shape index (κ3) is 5.73. The molecule has 3 aromatic rings. The first-order valence-electron chi connectivity index (χ1n) is 9.86. The standard InChI is InChI=1S/C24H25NO4Si/c1-21(20-25(26)27)29-30(23-15-7-3-8-16-23,24-17-9-4-10-18-24)28-19-11-14-22-12-5-2-6-13-22/h2-18,21H,19-20H2,1H3/b14-11+. The Balaban J connectivity index is 1.94. The van der Waals surface area contributed by atoms with Gasteiger partial charge in [-0.3, -0.25) is 10.1 Å². The van der Waals surface area contributed by atoms with Crippen LogP contribution in [0.5, 0.6) is 0 Å². The first-order valence-corrected chi connectivity index (χ1v) is 11.7. The van der Waals surface area contributed by atoms with Gasteiger partial charge in [-0.2, -0.15) is 0 Å². The predicted molar refractivity (Wildman–Crippen MR) is 122 cm³/mol. The maximum absolute atomic E-state index is 11.1. The van der Waals surface area contributed by atoms with Crippen molar-refractivity contribution in [1.82, 2.24) is 0 Å². The average Bonchev–Trinajstić information content (AvgIpc) is 2.77. The number of nitrogens with zero attached hydrogens (tertiary/aromatic N) is 1. The van der Waals surface area contributed by atoms with Crippen LogP contribution in [0.15, 0.2) is 97.1 Å². The highest BCUT2D eigenvalue weighted by atomic mass is 28.4. The van der Waals surface area contributed by atoms with Gasteiger partial charge in [0.25, 0.3) is 0 Å². The largest absolute Gasteiger partial charge is 0.407 e. The molecular formula is C24H25NO4Si. The Kier molecular flexibility index (Phi) is 7.67. The number of hydrogen-bond donors (Lipinski definition) is 0. The summed E-state index contributed by atoms with van der Waals surface area (Å²) in [6.45, 7) is 1.77. The van der Waals surface area contributed by atoms with Gasteiger partial charge >= 0.3 is 8.56 Å². The quantitative estimate of drug-likeness (QED) is 0.286. The Morgan fingerprint density at radius 3 is 1.90 bits per heavy atom. The van der Waals surface area contributed by atoms with Crippen molar-refractivity contribution in [3.05, 3.63) is 113 Å². The molecule has 0 aliphatic rings. The normalized spacial score (nSPS) is 12.7. The molecule has 154 valence electrons. The van der Waals surface area contributed by atoms with Crippen molar-refractivity contribution >= 4 is 25.0 Å². The zero-order chi connectivity index (χ0) is 21.2. The van der Waals surface area contributed by atoms with Gasteiger partial charge in [-0.05, 0) is 22.9 Å². The van der Waals surface area contributed by atoms with Gasteiger partial charge in [0.2, 0.25) is 6.54 Å². The van der Waals surface area contributed by atoms with Gasteiger partial charge in [0.05, 0.1) is 6.61 Å². The molecule has 6 heteroatoms. The van der Waals surface area contributed by atoms with Gasteiger partial charge in [0.1, 0.15) is 6.10 Å². The van der Waals surface area contributed by atoms with E-state index in [-0.39, 0.29) is 11.5 Å². The third-order valence-electron chi connectivity index (χ3n) is 4.57. The highest BCUT2D eigenvalue weighted by Gasteiger charge is 2.44. The van der Waals surface area contributed by atoms with Crippen molar-refractivity contribution in [2.75, 3.05) is 13.2 Å². The lowest BCUT2D eigenvalue weighted by Crippen LogP contribution is -2.65. The summed E-state index contributed by atoms with van der Waals surface area (Å²) >= 11 is 0. The van der Waals surface area contributed by atoms with Crippen LogP contribution in [0.3, 0.4) is 0 Å². The lowest BCUT2D eigenvalue weighted by atomic mass is 10.2. The Morgan fingerprint density at radius 2 is 1.40 bits per heavy atom. The first-order chi connectivity index (χ1) is 14.6. The molecule has 0 N–H and O–H groups in total. The van der Waals surface area contributed by atoms with Crippen LogP contribution in [0, 0.1) is 10.1 Å². The molecule has 5 nitrogen and oxygen atoms in total. The fourth-order valence-corrected chi connectivity index (χ4v) is 6.50. The van der Waals surface area contributed by atoms with E-state index >= 15 is 0 Å². The topological polar surface area (TPSA) is 61.6 Å². The molecular weight excluding hydrogens is 394 g/mol. The maximum Gasteiger partial charge on any atom is 0.407 e. The minimum atomic E-state index is -3.17. The SMILES string of the molecule is CC(C[N+](=O)[O-])O[Si](OC/C=C/c1ccccc1)(c1ccccc1)c1ccccc1. The van der Waals surface area contributed by atoms with Crippen molar-refractivity contribution in [3.63, 3.8) is 0 Å². The fourth-order valence-electron chi connectivity index (χ4n) is 3.26. The summed E-state index contributed by atoms with van der Waals surface area (Å²) in [6.07, 6.45) is 3.35. The smallest absolute Gasteiger partial charge is 0.384 e. The van der Waals surface area contributed by atoms with Crippen molar-refractivity contribution in [2.24, 2.45) is 0 Å². The minimum Gasteiger partial charge on any atom is -0.384 e. The fraction of sp³-hybridized carbons (Fsp3) is 0.167. The average molecular weight is 420 g/mol.